The number of fused-ring (bicyclic) bond motifs is 2. The Morgan fingerprint density at radius 1 is 0.538 bits per heavy atom. The van der Waals surface area contributed by atoms with Crippen LogP contribution in [0.2, 0.25) is 0 Å². The van der Waals surface area contributed by atoms with E-state index in [1.165, 1.54) is 45.0 Å². The minimum Gasteiger partial charge on any atom is -0.508 e. The number of aromatic hydroxyl groups is 1. The molecule has 4 aliphatic rings. The second kappa shape index (κ2) is 24.9. The molecule has 2 saturated heterocycles. The van der Waals surface area contributed by atoms with Crippen LogP contribution in [0.15, 0.2) is 158 Å². The maximum Gasteiger partial charge on any atom is 0.153 e. The predicted octanol–water partition coefficient (Wildman–Crippen LogP) is 10.5. The van der Waals surface area contributed by atoms with E-state index >= 15 is 0 Å². The van der Waals surface area contributed by atoms with Gasteiger partial charge in [0.2, 0.25) is 0 Å². The number of hydrogen-bond donors (Lipinski definition) is 3. The number of hydrogen-bond acceptors (Lipinski definition) is 8. The van der Waals surface area contributed by atoms with Gasteiger partial charge in [-0.1, -0.05) is 158 Å². The highest BCUT2D eigenvalue weighted by Crippen LogP contribution is 2.44. The molecule has 0 saturated carbocycles. The highest BCUT2D eigenvalue weighted by molar-refractivity contribution is 5.73. The Bertz CT molecular complexity index is 2200. The highest BCUT2D eigenvalue weighted by Gasteiger charge is 2.38. The van der Waals surface area contributed by atoms with Gasteiger partial charge in [0, 0.05) is 88.2 Å². The summed E-state index contributed by atoms with van der Waals surface area (Å²) in [5.74, 6) is 3.09. The molecule has 0 spiro atoms. The molecule has 340 valence electrons. The third-order valence-electron chi connectivity index (χ3n) is 12.2. The highest BCUT2D eigenvalue weighted by atomic mass is 16.5. The molecule has 6 aromatic carbocycles. The van der Waals surface area contributed by atoms with E-state index in [4.69, 9.17) is 14.6 Å². The summed E-state index contributed by atoms with van der Waals surface area (Å²) in [6.45, 7) is 14.8. The summed E-state index contributed by atoms with van der Waals surface area (Å²) in [5.41, 5.74) is 10.2. The molecular weight excluding hydrogens is 805 g/mol. The van der Waals surface area contributed by atoms with E-state index in [1.807, 2.05) is 49.4 Å². The van der Waals surface area contributed by atoms with Gasteiger partial charge in [-0.25, -0.2) is 0 Å². The molecule has 4 aliphatic heterocycles. The lowest BCUT2D eigenvalue weighted by atomic mass is 9.84. The van der Waals surface area contributed by atoms with Gasteiger partial charge in [-0.15, -0.1) is 0 Å². The summed E-state index contributed by atoms with van der Waals surface area (Å²) < 4.78 is 13.3. The largest absolute Gasteiger partial charge is 0.508 e. The van der Waals surface area contributed by atoms with Crippen molar-refractivity contribution < 1.29 is 19.4 Å². The lowest BCUT2D eigenvalue weighted by Gasteiger charge is -2.46. The standard InChI is InChI=1S/C36H38N2O2.C9H8O.C7H8O.C4H10N2.CH4/c1-25-13-15-33-31(21-25)29(27-9-5-3-6-10-27)23-35(39-33)37-17-19-38(20-18-37)36-24-30(28-11-7-4-8-12-28)32-22-26(2)14-16-34(32)40-36;10-8-4-7-9-5-2-1-3-6-9;1-6-2-4-7(8)5-3-6;1-2-6-4-3-5-1;/h3-16,21-22,29-30,35-36H,17-20,23-24H2,1-2H3;1-8H;2-5,8H,1H3;5-6H,1-4H2;1H4/b;7-4+;;;. The molecule has 4 atom stereocenters. The zero-order chi connectivity index (χ0) is 44.5. The minimum atomic E-state index is 0. The van der Waals surface area contributed by atoms with Crippen LogP contribution in [-0.4, -0.2) is 86.0 Å². The van der Waals surface area contributed by atoms with E-state index in [0.29, 0.717) is 17.6 Å². The molecule has 2 fully saturated rings. The van der Waals surface area contributed by atoms with Crippen LogP contribution in [0.3, 0.4) is 0 Å². The Kier molecular flexibility index (Phi) is 18.5. The van der Waals surface area contributed by atoms with Crippen molar-refractivity contribution in [1.82, 2.24) is 20.4 Å². The van der Waals surface area contributed by atoms with Crippen LogP contribution >= 0.6 is 0 Å². The first-order valence-corrected chi connectivity index (χ1v) is 22.8. The number of benzene rings is 6. The van der Waals surface area contributed by atoms with Gasteiger partial charge < -0.3 is 25.2 Å². The van der Waals surface area contributed by atoms with Crippen molar-refractivity contribution in [1.29, 1.82) is 0 Å². The average Bonchev–Trinajstić information content (AvgIpc) is 3.35. The Morgan fingerprint density at radius 3 is 1.32 bits per heavy atom. The predicted molar refractivity (Wildman–Crippen MR) is 267 cm³/mol. The molecule has 8 heteroatoms. The van der Waals surface area contributed by atoms with Gasteiger partial charge in [0.05, 0.1) is 0 Å². The van der Waals surface area contributed by atoms with Gasteiger partial charge in [-0.2, -0.15) is 0 Å². The van der Waals surface area contributed by atoms with Gasteiger partial charge >= 0.3 is 0 Å². The first kappa shape index (κ1) is 48.4. The molecule has 0 aliphatic carbocycles. The quantitative estimate of drug-likeness (QED) is 0.113. The summed E-state index contributed by atoms with van der Waals surface area (Å²) >= 11 is 0. The minimum absolute atomic E-state index is 0. The zero-order valence-corrected chi connectivity index (χ0v) is 37.6. The van der Waals surface area contributed by atoms with E-state index in [9.17, 15) is 4.79 Å². The molecule has 4 heterocycles. The van der Waals surface area contributed by atoms with Crippen molar-refractivity contribution in [2.75, 3.05) is 52.4 Å². The summed E-state index contributed by atoms with van der Waals surface area (Å²) in [7, 11) is 0. The van der Waals surface area contributed by atoms with Crippen molar-refractivity contribution >= 4 is 12.4 Å². The number of nitrogens with one attached hydrogen (secondary N) is 2. The van der Waals surface area contributed by atoms with Crippen molar-refractivity contribution in [3.63, 3.8) is 0 Å². The first-order chi connectivity index (χ1) is 31.3. The third kappa shape index (κ3) is 14.0. The molecule has 3 N–H and O–H groups in total. The Hall–Kier alpha value is -6.03. The van der Waals surface area contributed by atoms with Crippen LogP contribution in [0, 0.1) is 20.8 Å². The maximum atomic E-state index is 9.89. The van der Waals surface area contributed by atoms with Crippen LogP contribution in [0.4, 0.5) is 0 Å². The van der Waals surface area contributed by atoms with Crippen LogP contribution in [0.5, 0.6) is 17.2 Å². The lowest BCUT2D eigenvalue weighted by Crippen LogP contribution is -2.57. The summed E-state index contributed by atoms with van der Waals surface area (Å²) in [4.78, 5) is 15.0. The molecule has 0 radical (unpaired) electrons. The van der Waals surface area contributed by atoms with E-state index in [-0.39, 0.29) is 19.9 Å². The van der Waals surface area contributed by atoms with Crippen molar-refractivity contribution in [2.24, 2.45) is 0 Å². The van der Waals surface area contributed by atoms with Crippen molar-refractivity contribution in [3.8, 4) is 17.2 Å². The van der Waals surface area contributed by atoms with Gasteiger partial charge in [0.25, 0.3) is 0 Å². The lowest BCUT2D eigenvalue weighted by molar-refractivity contribution is -0.104. The topological polar surface area (TPSA) is 86.3 Å². The van der Waals surface area contributed by atoms with Crippen LogP contribution < -0.4 is 20.1 Å². The summed E-state index contributed by atoms with van der Waals surface area (Å²) in [6, 6.07) is 52.0. The maximum absolute atomic E-state index is 9.89. The van der Waals surface area contributed by atoms with E-state index in [2.05, 4.69) is 131 Å². The number of phenols is 1. The number of nitrogens with zero attached hydrogens (tertiary/aromatic N) is 2. The molecule has 8 nitrogen and oxygen atoms in total. The fourth-order valence-electron chi connectivity index (χ4n) is 8.77. The van der Waals surface area contributed by atoms with Crippen LogP contribution in [-0.2, 0) is 4.79 Å². The summed E-state index contributed by atoms with van der Waals surface area (Å²) in [6.07, 6.45) is 6.13. The number of aldehydes is 1. The van der Waals surface area contributed by atoms with Gasteiger partial charge in [0.15, 0.2) is 12.5 Å². The first-order valence-electron chi connectivity index (χ1n) is 22.8. The zero-order valence-electron chi connectivity index (χ0n) is 37.6. The van der Waals surface area contributed by atoms with Crippen LogP contribution in [0.25, 0.3) is 6.08 Å². The SMILES string of the molecule is C.C1CNCCN1.Cc1ccc(O)cc1.Cc1ccc2c(c1)C(c1ccccc1)CC(N1CCN(C3CC(c4ccccc4)c4cc(C)ccc4O3)CC1)O2.O=C/C=C/c1ccccc1. The molecule has 0 amide bonds. The molecule has 4 unspecified atom stereocenters. The fraction of sp³-hybridized carbons (Fsp3) is 0.316. The second-order valence-electron chi connectivity index (χ2n) is 16.9. The van der Waals surface area contributed by atoms with Crippen molar-refractivity contribution in [2.45, 2.75) is 65.3 Å². The number of aryl methyl sites for hydroxylation is 3. The fourth-order valence-corrected chi connectivity index (χ4v) is 8.77. The number of ether oxygens (including phenoxy) is 2. The molecule has 0 aromatic heterocycles. The Morgan fingerprint density at radius 2 is 0.938 bits per heavy atom. The number of carbonyl (C=O) groups excluding carboxylic acids is 1. The normalized spacial score (nSPS) is 20.2. The van der Waals surface area contributed by atoms with Gasteiger partial charge in [-0.05, 0) is 67.8 Å². The van der Waals surface area contributed by atoms with Crippen molar-refractivity contribution in [3.05, 3.63) is 202 Å². The monoisotopic (exact) mass is 873 g/mol. The number of phenolic OH excluding ortho intramolecular Hbond substituents is 1. The van der Waals surface area contributed by atoms with E-state index in [1.54, 1.807) is 18.2 Å². The molecule has 0 bridgehead atoms. The number of carbonyl (C=O) groups is 1. The number of piperazine rings is 2. The van der Waals surface area contributed by atoms with Gasteiger partial charge in [0.1, 0.15) is 23.5 Å². The number of rotatable bonds is 6. The second-order valence-corrected chi connectivity index (χ2v) is 16.9. The number of allylic oxidation sites excluding steroid dienone is 1. The van der Waals surface area contributed by atoms with Gasteiger partial charge in [-0.3, -0.25) is 14.6 Å². The Balaban J connectivity index is 0.000000226. The molecule has 6 aromatic rings. The molecular formula is C57H68N4O4. The molecule has 65 heavy (non-hydrogen) atoms. The summed E-state index contributed by atoms with van der Waals surface area (Å²) in [5, 5.41) is 15.2. The average molecular weight is 873 g/mol. The molecule has 10 rings (SSSR count). The van der Waals surface area contributed by atoms with Crippen LogP contribution in [0.1, 0.15) is 76.6 Å². The smallest absolute Gasteiger partial charge is 0.153 e. The Labute approximate surface area is 387 Å². The van der Waals surface area contributed by atoms with E-state index in [0.717, 1.165) is 88.5 Å². The third-order valence-corrected chi connectivity index (χ3v) is 12.2. The van der Waals surface area contributed by atoms with E-state index < -0.39 is 0 Å².